The van der Waals surface area contributed by atoms with Crippen LogP contribution >= 0.6 is 0 Å². The van der Waals surface area contributed by atoms with Crippen molar-refractivity contribution in [2.24, 2.45) is 0 Å². The number of aromatic carboxylic acids is 1. The Labute approximate surface area is 120 Å². The van der Waals surface area contributed by atoms with E-state index < -0.39 is 26.7 Å². The maximum atomic E-state index is 13.8. The highest BCUT2D eigenvalue weighted by Gasteiger charge is 2.26. The molecule has 0 atom stereocenters. The predicted molar refractivity (Wildman–Crippen MR) is 70.6 cm³/mol. The van der Waals surface area contributed by atoms with Crippen LogP contribution in [0.5, 0.6) is 0 Å². The molecule has 9 heteroatoms. The molecule has 0 spiro atoms. The summed E-state index contributed by atoms with van der Waals surface area (Å²) in [5, 5.41) is 15.1. The summed E-state index contributed by atoms with van der Waals surface area (Å²) in [6.07, 6.45) is 2.95. The normalized spacial score (nSPS) is 11.8. The number of carbonyl (C=O) groups is 1. The number of hydrogen-bond acceptors (Lipinski definition) is 4. The predicted octanol–water partition coefficient (Wildman–Crippen LogP) is 1.07. The van der Waals surface area contributed by atoms with Gasteiger partial charge in [-0.25, -0.2) is 17.6 Å². The van der Waals surface area contributed by atoms with Gasteiger partial charge in [0.05, 0.1) is 11.8 Å². The van der Waals surface area contributed by atoms with Crippen LogP contribution in [-0.2, 0) is 16.6 Å². The van der Waals surface area contributed by atoms with E-state index in [1.54, 1.807) is 0 Å². The number of carboxylic acids is 1. The van der Waals surface area contributed by atoms with Crippen LogP contribution in [0.3, 0.4) is 0 Å². The third kappa shape index (κ3) is 3.09. The van der Waals surface area contributed by atoms with E-state index in [9.17, 15) is 17.6 Å². The van der Waals surface area contributed by atoms with E-state index in [-0.39, 0.29) is 12.1 Å². The lowest BCUT2D eigenvalue weighted by Crippen LogP contribution is -2.27. The summed E-state index contributed by atoms with van der Waals surface area (Å²) in [7, 11) is -2.88. The summed E-state index contributed by atoms with van der Waals surface area (Å²) in [5.74, 6) is -2.33. The molecule has 1 aromatic carbocycles. The van der Waals surface area contributed by atoms with Crippen molar-refractivity contribution in [3.8, 4) is 0 Å². The van der Waals surface area contributed by atoms with Gasteiger partial charge in [-0.1, -0.05) is 0 Å². The molecular formula is C12H12FN3O4S. The lowest BCUT2D eigenvalue weighted by Gasteiger charge is -2.17. The minimum absolute atomic E-state index is 0.0183. The van der Waals surface area contributed by atoms with Crippen molar-refractivity contribution < 1.29 is 22.7 Å². The zero-order valence-electron chi connectivity index (χ0n) is 10.9. The molecule has 0 aliphatic rings. The first-order valence-corrected chi connectivity index (χ1v) is 7.23. The largest absolute Gasteiger partial charge is 0.478 e. The lowest BCUT2D eigenvalue weighted by atomic mass is 10.2. The number of nitrogens with one attached hydrogen (secondary N) is 1. The van der Waals surface area contributed by atoms with Gasteiger partial charge in [-0.3, -0.25) is 5.10 Å². The van der Waals surface area contributed by atoms with Gasteiger partial charge in [0.1, 0.15) is 10.7 Å². The molecule has 0 aliphatic heterocycles. The summed E-state index contributed by atoms with van der Waals surface area (Å²) in [6.45, 7) is -0.0183. The SMILES string of the molecule is CN(Cc1cn[nH]c1)S(=O)(=O)c1cc(C(=O)O)ccc1F. The van der Waals surface area contributed by atoms with Gasteiger partial charge in [0.2, 0.25) is 10.0 Å². The average molecular weight is 313 g/mol. The number of rotatable bonds is 5. The number of aromatic amines is 1. The molecule has 0 fully saturated rings. The highest BCUT2D eigenvalue weighted by Crippen LogP contribution is 2.21. The van der Waals surface area contributed by atoms with Crippen molar-refractivity contribution in [3.63, 3.8) is 0 Å². The van der Waals surface area contributed by atoms with Crippen molar-refractivity contribution in [2.75, 3.05) is 7.05 Å². The number of aromatic nitrogens is 2. The summed E-state index contributed by atoms with van der Waals surface area (Å²) >= 11 is 0. The number of H-pyrrole nitrogens is 1. The molecule has 0 saturated carbocycles. The van der Waals surface area contributed by atoms with Crippen molar-refractivity contribution in [2.45, 2.75) is 11.4 Å². The number of hydrogen-bond donors (Lipinski definition) is 2. The van der Waals surface area contributed by atoms with E-state index in [1.165, 1.54) is 19.4 Å². The first-order chi connectivity index (χ1) is 9.82. The fourth-order valence-corrected chi connectivity index (χ4v) is 2.95. The van der Waals surface area contributed by atoms with Gasteiger partial charge in [-0.05, 0) is 18.2 Å². The van der Waals surface area contributed by atoms with Crippen molar-refractivity contribution in [1.82, 2.24) is 14.5 Å². The van der Waals surface area contributed by atoms with Crippen LogP contribution in [0.15, 0.2) is 35.5 Å². The molecule has 7 nitrogen and oxygen atoms in total. The van der Waals surface area contributed by atoms with Crippen LogP contribution in [0.25, 0.3) is 0 Å². The highest BCUT2D eigenvalue weighted by atomic mass is 32.2. The number of nitrogens with zero attached hydrogens (tertiary/aromatic N) is 2. The third-order valence-corrected chi connectivity index (χ3v) is 4.64. The monoisotopic (exact) mass is 313 g/mol. The number of benzene rings is 1. The van der Waals surface area contributed by atoms with Crippen LogP contribution < -0.4 is 0 Å². The zero-order valence-corrected chi connectivity index (χ0v) is 11.8. The van der Waals surface area contributed by atoms with Crippen molar-refractivity contribution in [3.05, 3.63) is 47.5 Å². The van der Waals surface area contributed by atoms with Crippen LogP contribution in [0.1, 0.15) is 15.9 Å². The summed E-state index contributed by atoms with van der Waals surface area (Å²) in [6, 6.07) is 2.63. The van der Waals surface area contributed by atoms with Crippen LogP contribution in [-0.4, -0.2) is 41.0 Å². The van der Waals surface area contributed by atoms with E-state index in [4.69, 9.17) is 5.11 Å². The van der Waals surface area contributed by atoms with Crippen molar-refractivity contribution in [1.29, 1.82) is 0 Å². The first-order valence-electron chi connectivity index (χ1n) is 5.79. The second kappa shape index (κ2) is 5.62. The number of sulfonamides is 1. The molecule has 1 heterocycles. The van der Waals surface area contributed by atoms with Gasteiger partial charge < -0.3 is 5.11 Å². The van der Waals surface area contributed by atoms with Crippen LogP contribution in [0, 0.1) is 5.82 Å². The average Bonchev–Trinajstić information content (AvgIpc) is 2.91. The van der Waals surface area contributed by atoms with Crippen molar-refractivity contribution >= 4 is 16.0 Å². The van der Waals surface area contributed by atoms with E-state index in [2.05, 4.69) is 10.2 Å². The minimum Gasteiger partial charge on any atom is -0.478 e. The van der Waals surface area contributed by atoms with Gasteiger partial charge in [-0.2, -0.15) is 9.40 Å². The molecule has 2 rings (SSSR count). The van der Waals surface area contributed by atoms with Gasteiger partial charge >= 0.3 is 5.97 Å². The standard InChI is InChI=1S/C12H12FN3O4S/c1-16(7-8-5-14-15-6-8)21(19,20)11-4-9(12(17)18)2-3-10(11)13/h2-6H,7H2,1H3,(H,14,15)(H,17,18). The molecule has 0 radical (unpaired) electrons. The quantitative estimate of drug-likeness (QED) is 0.859. The maximum Gasteiger partial charge on any atom is 0.335 e. The van der Waals surface area contributed by atoms with E-state index >= 15 is 0 Å². The lowest BCUT2D eigenvalue weighted by molar-refractivity contribution is 0.0696. The molecule has 0 bridgehead atoms. The van der Waals surface area contributed by atoms with Gasteiger partial charge in [0, 0.05) is 25.4 Å². The van der Waals surface area contributed by atoms with Crippen LogP contribution in [0.2, 0.25) is 0 Å². The van der Waals surface area contributed by atoms with Crippen LogP contribution in [0.4, 0.5) is 4.39 Å². The van der Waals surface area contributed by atoms with E-state index in [0.29, 0.717) is 5.56 Å². The summed E-state index contributed by atoms with van der Waals surface area (Å²) in [5.41, 5.74) is 0.294. The molecule has 0 saturated heterocycles. The zero-order chi connectivity index (χ0) is 15.6. The van der Waals surface area contributed by atoms with E-state index in [1.807, 2.05) is 0 Å². The van der Waals surface area contributed by atoms with E-state index in [0.717, 1.165) is 22.5 Å². The number of carboxylic acid groups (broad SMARTS) is 1. The Morgan fingerprint density at radius 3 is 2.76 bits per heavy atom. The molecule has 1 aromatic heterocycles. The Morgan fingerprint density at radius 1 is 1.48 bits per heavy atom. The second-order valence-electron chi connectivity index (χ2n) is 4.32. The third-order valence-electron chi connectivity index (χ3n) is 2.83. The Morgan fingerprint density at radius 2 is 2.19 bits per heavy atom. The molecular weight excluding hydrogens is 301 g/mol. The van der Waals surface area contributed by atoms with Gasteiger partial charge in [-0.15, -0.1) is 0 Å². The Hall–Kier alpha value is -2.26. The summed E-state index contributed by atoms with van der Waals surface area (Å²) in [4.78, 5) is 10.2. The molecule has 0 amide bonds. The van der Waals surface area contributed by atoms with Gasteiger partial charge in [0.25, 0.3) is 0 Å². The highest BCUT2D eigenvalue weighted by molar-refractivity contribution is 7.89. The Balaban J connectivity index is 2.38. The smallest absolute Gasteiger partial charge is 0.335 e. The minimum atomic E-state index is -4.15. The second-order valence-corrected chi connectivity index (χ2v) is 6.33. The summed E-state index contributed by atoms with van der Waals surface area (Å²) < 4.78 is 39.3. The molecule has 2 N–H and O–H groups in total. The molecule has 0 aliphatic carbocycles. The molecule has 112 valence electrons. The molecule has 0 unspecified atom stereocenters. The Bertz CT molecular complexity index is 759. The molecule has 21 heavy (non-hydrogen) atoms. The molecule has 2 aromatic rings. The maximum absolute atomic E-state index is 13.8. The fraction of sp³-hybridized carbons (Fsp3) is 0.167. The number of halogens is 1. The Kier molecular flexibility index (Phi) is 4.05. The fourth-order valence-electron chi connectivity index (χ4n) is 1.71. The van der Waals surface area contributed by atoms with Gasteiger partial charge in [0.15, 0.2) is 0 Å². The first kappa shape index (κ1) is 15.1. The topological polar surface area (TPSA) is 103 Å².